The average molecular weight is 433 g/mol. The number of hydrogen-bond acceptors (Lipinski definition) is 7. The standard InChI is InChI=1S/C17H15N5O5S2/c18-29(26,27)12-5-3-10(4-6-12)20-14(23)8-11-9-28-17(21-11)22-16(25)13-2-1-7-19-15(13)24/h1-7,9,13H,8H2,(H,20,23)(H2,18,26,27)(H,21,22,25). The Kier molecular flexibility index (Phi) is 5.96. The SMILES string of the molecule is NS(=O)(=O)c1ccc(NC(=O)Cc2csc(NC(=O)C3C=CC=NC3=O)n2)cc1. The third-order valence-corrected chi connectivity index (χ3v) is 5.47. The zero-order valence-corrected chi connectivity index (χ0v) is 16.4. The molecule has 1 aromatic heterocycles. The first kappa shape index (κ1) is 20.5. The summed E-state index contributed by atoms with van der Waals surface area (Å²) in [6, 6.07) is 5.40. The molecule has 1 aromatic carbocycles. The largest absolute Gasteiger partial charge is 0.326 e. The van der Waals surface area contributed by atoms with Crippen LogP contribution in [0.1, 0.15) is 5.69 Å². The Morgan fingerprint density at radius 3 is 2.55 bits per heavy atom. The van der Waals surface area contributed by atoms with Gasteiger partial charge < -0.3 is 10.6 Å². The first-order valence-corrected chi connectivity index (χ1v) is 10.6. The van der Waals surface area contributed by atoms with Crippen LogP contribution in [-0.2, 0) is 30.8 Å². The lowest BCUT2D eigenvalue weighted by atomic mass is 10.1. The summed E-state index contributed by atoms with van der Waals surface area (Å²) in [7, 11) is -3.80. The van der Waals surface area contributed by atoms with E-state index in [9.17, 15) is 22.8 Å². The molecular weight excluding hydrogens is 418 g/mol. The molecule has 0 aliphatic carbocycles. The Labute approximate surface area is 169 Å². The maximum atomic E-state index is 12.1. The van der Waals surface area contributed by atoms with Crippen LogP contribution >= 0.6 is 11.3 Å². The summed E-state index contributed by atoms with van der Waals surface area (Å²) < 4.78 is 22.5. The molecule has 4 N–H and O–H groups in total. The number of rotatable bonds is 6. The van der Waals surface area contributed by atoms with Gasteiger partial charge >= 0.3 is 0 Å². The first-order valence-electron chi connectivity index (χ1n) is 8.15. The Bertz CT molecular complexity index is 1120. The Morgan fingerprint density at radius 2 is 1.90 bits per heavy atom. The summed E-state index contributed by atoms with van der Waals surface area (Å²) in [4.78, 5) is 43.5. The molecule has 0 saturated carbocycles. The third-order valence-electron chi connectivity index (χ3n) is 3.73. The fraction of sp³-hybridized carbons (Fsp3) is 0.118. The van der Waals surface area contributed by atoms with Crippen LogP contribution in [0.25, 0.3) is 0 Å². The molecule has 3 amide bonds. The number of carbonyl (C=O) groups excluding carboxylic acids is 3. The van der Waals surface area contributed by atoms with E-state index in [2.05, 4.69) is 20.6 Å². The fourth-order valence-electron chi connectivity index (χ4n) is 2.37. The van der Waals surface area contributed by atoms with E-state index >= 15 is 0 Å². The average Bonchev–Trinajstić information content (AvgIpc) is 3.08. The van der Waals surface area contributed by atoms with Crippen molar-refractivity contribution in [1.82, 2.24) is 4.98 Å². The number of nitrogens with two attached hydrogens (primary N) is 1. The van der Waals surface area contributed by atoms with E-state index in [1.54, 1.807) is 5.38 Å². The maximum absolute atomic E-state index is 12.1. The van der Waals surface area contributed by atoms with Crippen LogP contribution in [0.3, 0.4) is 0 Å². The minimum atomic E-state index is -3.80. The van der Waals surface area contributed by atoms with E-state index in [1.807, 2.05) is 0 Å². The van der Waals surface area contributed by atoms with Crippen LogP contribution in [0.5, 0.6) is 0 Å². The van der Waals surface area contributed by atoms with Crippen LogP contribution in [-0.4, -0.2) is 37.3 Å². The van der Waals surface area contributed by atoms with Gasteiger partial charge in [0.2, 0.25) is 21.8 Å². The smallest absolute Gasteiger partial charge is 0.262 e. The number of anilines is 2. The molecule has 3 rings (SSSR count). The van der Waals surface area contributed by atoms with Crippen LogP contribution in [0.4, 0.5) is 10.8 Å². The van der Waals surface area contributed by atoms with Gasteiger partial charge in [-0.05, 0) is 30.3 Å². The maximum Gasteiger partial charge on any atom is 0.262 e. The quantitative estimate of drug-likeness (QED) is 0.568. The number of dihydropyridines is 1. The number of nitrogens with zero attached hydrogens (tertiary/aromatic N) is 2. The molecule has 29 heavy (non-hydrogen) atoms. The van der Waals surface area contributed by atoms with Gasteiger partial charge in [-0.1, -0.05) is 6.08 Å². The molecule has 1 atom stereocenters. The van der Waals surface area contributed by atoms with Gasteiger partial charge in [-0.15, -0.1) is 11.3 Å². The van der Waals surface area contributed by atoms with Crippen molar-refractivity contribution < 1.29 is 22.8 Å². The Balaban J connectivity index is 1.56. The number of carbonyl (C=O) groups is 3. The number of aliphatic imine (C=N–C) groups is 1. The van der Waals surface area contributed by atoms with E-state index in [4.69, 9.17) is 5.14 Å². The van der Waals surface area contributed by atoms with Gasteiger partial charge in [0.25, 0.3) is 5.91 Å². The molecule has 0 spiro atoms. The lowest BCUT2D eigenvalue weighted by Crippen LogP contribution is -2.28. The second-order valence-corrected chi connectivity index (χ2v) is 8.33. The number of amides is 3. The second-order valence-electron chi connectivity index (χ2n) is 5.91. The highest BCUT2D eigenvalue weighted by molar-refractivity contribution is 7.89. The number of aromatic nitrogens is 1. The topological polar surface area (TPSA) is 161 Å². The normalized spacial score (nSPS) is 15.9. The van der Waals surface area contributed by atoms with E-state index < -0.39 is 27.8 Å². The van der Waals surface area contributed by atoms with Crippen molar-refractivity contribution in [3.05, 3.63) is 47.5 Å². The molecule has 10 nitrogen and oxygen atoms in total. The Hall–Kier alpha value is -3.22. The molecular formula is C17H15N5O5S2. The van der Waals surface area contributed by atoms with Crippen molar-refractivity contribution >= 4 is 56.1 Å². The molecule has 2 aromatic rings. The number of benzene rings is 1. The molecule has 0 radical (unpaired) electrons. The molecule has 150 valence electrons. The van der Waals surface area contributed by atoms with Crippen molar-refractivity contribution in [2.75, 3.05) is 10.6 Å². The number of hydrogen-bond donors (Lipinski definition) is 3. The van der Waals surface area contributed by atoms with Gasteiger partial charge in [0.1, 0.15) is 5.92 Å². The van der Waals surface area contributed by atoms with Crippen LogP contribution in [0, 0.1) is 5.92 Å². The predicted molar refractivity (Wildman–Crippen MR) is 107 cm³/mol. The van der Waals surface area contributed by atoms with Crippen molar-refractivity contribution in [2.24, 2.45) is 16.0 Å². The van der Waals surface area contributed by atoms with Crippen molar-refractivity contribution in [3.8, 4) is 0 Å². The van der Waals surface area contributed by atoms with Crippen LogP contribution in [0.15, 0.2) is 51.7 Å². The highest BCUT2D eigenvalue weighted by Gasteiger charge is 2.25. The zero-order valence-electron chi connectivity index (χ0n) is 14.7. The first-order chi connectivity index (χ1) is 13.7. The summed E-state index contributed by atoms with van der Waals surface area (Å²) >= 11 is 1.12. The van der Waals surface area contributed by atoms with E-state index in [1.165, 1.54) is 42.6 Å². The summed E-state index contributed by atoms with van der Waals surface area (Å²) in [5.41, 5.74) is 0.821. The van der Waals surface area contributed by atoms with E-state index in [-0.39, 0.29) is 22.4 Å². The van der Waals surface area contributed by atoms with Gasteiger partial charge in [0.15, 0.2) is 5.13 Å². The summed E-state index contributed by atoms with van der Waals surface area (Å²) in [6.45, 7) is 0. The zero-order chi connectivity index (χ0) is 21.0. The number of allylic oxidation sites excluding steroid dienone is 1. The third kappa shape index (κ3) is 5.40. The number of primary sulfonamides is 1. The van der Waals surface area contributed by atoms with Crippen molar-refractivity contribution in [3.63, 3.8) is 0 Å². The van der Waals surface area contributed by atoms with E-state index in [0.29, 0.717) is 11.4 Å². The van der Waals surface area contributed by atoms with Gasteiger partial charge in [-0.25, -0.2) is 23.5 Å². The minimum absolute atomic E-state index is 0.0597. The summed E-state index contributed by atoms with van der Waals surface area (Å²) in [5, 5.41) is 12.0. The van der Waals surface area contributed by atoms with E-state index in [0.717, 1.165) is 11.3 Å². The monoisotopic (exact) mass is 433 g/mol. The lowest BCUT2D eigenvalue weighted by Gasteiger charge is -2.09. The van der Waals surface area contributed by atoms with Gasteiger partial charge in [0.05, 0.1) is 17.0 Å². The van der Waals surface area contributed by atoms with Crippen LogP contribution < -0.4 is 15.8 Å². The van der Waals surface area contributed by atoms with Gasteiger partial charge in [-0.3, -0.25) is 14.4 Å². The fourth-order valence-corrected chi connectivity index (χ4v) is 3.59. The predicted octanol–water partition coefficient (Wildman–Crippen LogP) is 0.694. The highest BCUT2D eigenvalue weighted by atomic mass is 32.2. The number of sulfonamides is 1. The molecule has 0 fully saturated rings. The summed E-state index contributed by atoms with van der Waals surface area (Å²) in [6.07, 6.45) is 4.21. The molecule has 1 aliphatic rings. The van der Waals surface area contributed by atoms with Crippen molar-refractivity contribution in [2.45, 2.75) is 11.3 Å². The molecule has 12 heteroatoms. The van der Waals surface area contributed by atoms with Gasteiger partial charge in [0, 0.05) is 17.3 Å². The molecule has 0 saturated heterocycles. The molecule has 0 bridgehead atoms. The highest BCUT2D eigenvalue weighted by Crippen LogP contribution is 2.19. The lowest BCUT2D eigenvalue weighted by molar-refractivity contribution is -0.128. The molecule has 2 heterocycles. The molecule has 1 aliphatic heterocycles. The number of thiazole rings is 1. The molecule has 1 unspecified atom stereocenters. The summed E-state index contributed by atoms with van der Waals surface area (Å²) in [5.74, 6) is -2.50. The minimum Gasteiger partial charge on any atom is -0.326 e. The van der Waals surface area contributed by atoms with Crippen LogP contribution in [0.2, 0.25) is 0 Å². The Morgan fingerprint density at radius 1 is 1.17 bits per heavy atom. The second kappa shape index (κ2) is 8.43. The van der Waals surface area contributed by atoms with Crippen molar-refractivity contribution in [1.29, 1.82) is 0 Å². The van der Waals surface area contributed by atoms with Gasteiger partial charge in [-0.2, -0.15) is 0 Å². The number of nitrogens with one attached hydrogen (secondary N) is 2.